The van der Waals surface area contributed by atoms with Gasteiger partial charge in [0.25, 0.3) is 0 Å². The molecule has 0 aliphatic carbocycles. The lowest BCUT2D eigenvalue weighted by Crippen LogP contribution is -2.49. The van der Waals surface area contributed by atoms with Gasteiger partial charge in [0.2, 0.25) is 0 Å². The maximum absolute atomic E-state index is 5.28. The number of rotatable bonds is 4. The second kappa shape index (κ2) is 4.21. The van der Waals surface area contributed by atoms with Crippen LogP contribution < -0.4 is 5.32 Å². The first-order chi connectivity index (χ1) is 5.64. The first-order valence-corrected chi connectivity index (χ1v) is 4.48. The fourth-order valence-electron chi connectivity index (χ4n) is 1.60. The van der Waals surface area contributed by atoms with Crippen molar-refractivity contribution in [2.75, 3.05) is 26.9 Å². The number of hydrogen-bond acceptors (Lipinski definition) is 3. The summed E-state index contributed by atoms with van der Waals surface area (Å²) in [5, 5.41) is 3.51. The zero-order valence-corrected chi connectivity index (χ0v) is 8.22. The molecular weight excluding hydrogens is 154 g/mol. The molecule has 1 atom stereocenters. The number of nitrogens with one attached hydrogen (secondary N) is 1. The van der Waals surface area contributed by atoms with E-state index in [0.717, 1.165) is 26.2 Å². The summed E-state index contributed by atoms with van der Waals surface area (Å²) in [6.45, 7) is 6.76. The van der Waals surface area contributed by atoms with Gasteiger partial charge in [0.1, 0.15) is 0 Å². The van der Waals surface area contributed by atoms with Crippen LogP contribution in [-0.2, 0) is 9.47 Å². The number of hydrogen-bond donors (Lipinski definition) is 1. The van der Waals surface area contributed by atoms with E-state index in [1.807, 2.05) is 0 Å². The van der Waals surface area contributed by atoms with Gasteiger partial charge in [-0.05, 0) is 20.3 Å². The van der Waals surface area contributed by atoms with Crippen molar-refractivity contribution in [1.29, 1.82) is 0 Å². The molecule has 0 aromatic heterocycles. The number of methoxy groups -OCH3 is 1. The van der Waals surface area contributed by atoms with Crippen LogP contribution in [0, 0.1) is 0 Å². The normalized spacial score (nSPS) is 24.8. The van der Waals surface area contributed by atoms with E-state index in [1.54, 1.807) is 7.11 Å². The summed E-state index contributed by atoms with van der Waals surface area (Å²) in [5.74, 6) is 0. The molecule has 0 spiro atoms. The van der Waals surface area contributed by atoms with E-state index in [1.165, 1.54) is 0 Å². The van der Waals surface area contributed by atoms with E-state index in [-0.39, 0.29) is 5.54 Å². The first-order valence-electron chi connectivity index (χ1n) is 4.48. The molecule has 3 heteroatoms. The molecule has 0 saturated carbocycles. The first kappa shape index (κ1) is 9.96. The van der Waals surface area contributed by atoms with Gasteiger partial charge in [-0.3, -0.25) is 0 Å². The van der Waals surface area contributed by atoms with Gasteiger partial charge in [-0.2, -0.15) is 0 Å². The molecule has 0 bridgehead atoms. The van der Waals surface area contributed by atoms with Crippen LogP contribution in [0.2, 0.25) is 0 Å². The highest BCUT2D eigenvalue weighted by Crippen LogP contribution is 2.10. The Balaban J connectivity index is 2.27. The van der Waals surface area contributed by atoms with Crippen molar-refractivity contribution in [1.82, 2.24) is 5.32 Å². The van der Waals surface area contributed by atoms with Gasteiger partial charge in [0.15, 0.2) is 0 Å². The zero-order valence-electron chi connectivity index (χ0n) is 8.22. The highest BCUT2D eigenvalue weighted by Gasteiger charge is 2.24. The Labute approximate surface area is 74.4 Å². The molecule has 1 aliphatic rings. The molecule has 1 rings (SSSR count). The topological polar surface area (TPSA) is 30.5 Å². The van der Waals surface area contributed by atoms with Gasteiger partial charge in [-0.25, -0.2) is 0 Å². The molecular formula is C9H19NO2. The quantitative estimate of drug-likeness (QED) is 0.682. The highest BCUT2D eigenvalue weighted by molar-refractivity contribution is 4.83. The Morgan fingerprint density at radius 1 is 1.58 bits per heavy atom. The fraction of sp³-hybridized carbons (Fsp3) is 1.00. The third-order valence-corrected chi connectivity index (χ3v) is 2.03. The summed E-state index contributed by atoms with van der Waals surface area (Å²) in [6, 6.07) is 0.509. The van der Waals surface area contributed by atoms with E-state index in [9.17, 15) is 0 Å². The van der Waals surface area contributed by atoms with Crippen molar-refractivity contribution in [2.24, 2.45) is 0 Å². The lowest BCUT2D eigenvalue weighted by atomic mass is 10.1. The molecule has 0 amide bonds. The molecule has 1 N–H and O–H groups in total. The van der Waals surface area contributed by atoms with Crippen molar-refractivity contribution >= 4 is 0 Å². The zero-order chi connectivity index (χ0) is 9.03. The summed E-state index contributed by atoms with van der Waals surface area (Å²) in [6.07, 6.45) is 1.12. The van der Waals surface area contributed by atoms with E-state index in [4.69, 9.17) is 9.47 Å². The van der Waals surface area contributed by atoms with Crippen LogP contribution in [0.25, 0.3) is 0 Å². The van der Waals surface area contributed by atoms with Crippen molar-refractivity contribution < 1.29 is 9.47 Å². The van der Waals surface area contributed by atoms with Crippen LogP contribution in [-0.4, -0.2) is 38.5 Å². The molecule has 12 heavy (non-hydrogen) atoms. The molecule has 3 nitrogen and oxygen atoms in total. The predicted octanol–water partition coefficient (Wildman–Crippen LogP) is 0.790. The average Bonchev–Trinajstić information content (AvgIpc) is 2.38. The van der Waals surface area contributed by atoms with E-state index in [0.29, 0.717) is 6.04 Å². The Kier molecular flexibility index (Phi) is 3.50. The molecule has 0 aromatic rings. The Morgan fingerprint density at radius 3 is 2.83 bits per heavy atom. The summed E-state index contributed by atoms with van der Waals surface area (Å²) in [5.41, 5.74) is 0.0626. The van der Waals surface area contributed by atoms with Crippen molar-refractivity contribution in [3.8, 4) is 0 Å². The fourth-order valence-corrected chi connectivity index (χ4v) is 1.60. The molecule has 1 heterocycles. The van der Waals surface area contributed by atoms with Crippen LogP contribution in [0.5, 0.6) is 0 Å². The van der Waals surface area contributed by atoms with E-state index < -0.39 is 0 Å². The average molecular weight is 173 g/mol. The van der Waals surface area contributed by atoms with Crippen LogP contribution in [0.15, 0.2) is 0 Å². The van der Waals surface area contributed by atoms with Crippen LogP contribution >= 0.6 is 0 Å². The van der Waals surface area contributed by atoms with Crippen molar-refractivity contribution in [3.63, 3.8) is 0 Å². The van der Waals surface area contributed by atoms with E-state index in [2.05, 4.69) is 19.2 Å². The summed E-state index contributed by atoms with van der Waals surface area (Å²) >= 11 is 0. The third kappa shape index (κ3) is 3.09. The van der Waals surface area contributed by atoms with Gasteiger partial charge in [0, 0.05) is 25.3 Å². The lowest BCUT2D eigenvalue weighted by molar-refractivity contribution is 0.116. The minimum atomic E-state index is 0.0626. The van der Waals surface area contributed by atoms with Gasteiger partial charge < -0.3 is 14.8 Å². The molecule has 1 unspecified atom stereocenters. The minimum Gasteiger partial charge on any atom is -0.383 e. The van der Waals surface area contributed by atoms with E-state index >= 15 is 0 Å². The van der Waals surface area contributed by atoms with Gasteiger partial charge in [-0.1, -0.05) is 0 Å². The van der Waals surface area contributed by atoms with Crippen LogP contribution in [0.4, 0.5) is 0 Å². The molecule has 1 aliphatic heterocycles. The molecule has 0 radical (unpaired) electrons. The van der Waals surface area contributed by atoms with Crippen LogP contribution in [0.1, 0.15) is 20.3 Å². The third-order valence-electron chi connectivity index (χ3n) is 2.03. The molecule has 0 aromatic carbocycles. The molecule has 72 valence electrons. The monoisotopic (exact) mass is 173 g/mol. The van der Waals surface area contributed by atoms with Gasteiger partial charge in [0.05, 0.1) is 13.2 Å². The Bertz CT molecular complexity index is 130. The summed E-state index contributed by atoms with van der Waals surface area (Å²) in [7, 11) is 1.73. The van der Waals surface area contributed by atoms with Crippen LogP contribution in [0.3, 0.4) is 0 Å². The SMILES string of the molecule is COCC(C)(C)NC1CCOC1. The molecule has 1 saturated heterocycles. The van der Waals surface area contributed by atoms with Gasteiger partial charge >= 0.3 is 0 Å². The summed E-state index contributed by atoms with van der Waals surface area (Å²) in [4.78, 5) is 0. The lowest BCUT2D eigenvalue weighted by Gasteiger charge is -2.28. The second-order valence-corrected chi connectivity index (χ2v) is 4.02. The van der Waals surface area contributed by atoms with Crippen molar-refractivity contribution in [2.45, 2.75) is 31.8 Å². The maximum atomic E-state index is 5.28. The highest BCUT2D eigenvalue weighted by atomic mass is 16.5. The minimum absolute atomic E-state index is 0.0626. The standard InChI is InChI=1S/C9H19NO2/c1-9(2,7-11-3)10-8-4-5-12-6-8/h8,10H,4-7H2,1-3H3. The maximum Gasteiger partial charge on any atom is 0.0639 e. The Morgan fingerprint density at radius 2 is 2.33 bits per heavy atom. The molecule has 1 fully saturated rings. The van der Waals surface area contributed by atoms with Crippen molar-refractivity contribution in [3.05, 3.63) is 0 Å². The number of ether oxygens (including phenoxy) is 2. The van der Waals surface area contributed by atoms with Gasteiger partial charge in [-0.15, -0.1) is 0 Å². The predicted molar refractivity (Wildman–Crippen MR) is 48.3 cm³/mol. The second-order valence-electron chi connectivity index (χ2n) is 4.02. The summed E-state index contributed by atoms with van der Waals surface area (Å²) < 4.78 is 10.4. The smallest absolute Gasteiger partial charge is 0.0639 e. The Hall–Kier alpha value is -0.120. The largest absolute Gasteiger partial charge is 0.383 e.